The second kappa shape index (κ2) is 9.80. The van der Waals surface area contributed by atoms with Crippen LogP contribution in [0.1, 0.15) is 12.0 Å². The van der Waals surface area contributed by atoms with Gasteiger partial charge >= 0.3 is 0 Å². The van der Waals surface area contributed by atoms with Crippen LogP contribution in [0.15, 0.2) is 40.9 Å². The normalized spacial score (nSPS) is 10.3. The van der Waals surface area contributed by atoms with E-state index in [0.717, 1.165) is 10.0 Å². The monoisotopic (exact) mass is 458 g/mol. The average molecular weight is 460 g/mol. The van der Waals surface area contributed by atoms with Crippen LogP contribution >= 0.6 is 39.1 Å². The summed E-state index contributed by atoms with van der Waals surface area (Å²) in [7, 11) is 0. The van der Waals surface area contributed by atoms with Crippen molar-refractivity contribution in [3.63, 3.8) is 0 Å². The molecule has 8 heteroatoms. The van der Waals surface area contributed by atoms with Crippen LogP contribution in [0.3, 0.4) is 0 Å². The van der Waals surface area contributed by atoms with Crippen molar-refractivity contribution in [2.24, 2.45) is 0 Å². The van der Waals surface area contributed by atoms with Gasteiger partial charge in [0.2, 0.25) is 11.8 Å². The number of carbonyl (C=O) groups is 2. The van der Waals surface area contributed by atoms with Crippen LogP contribution < -0.4 is 15.4 Å². The maximum absolute atomic E-state index is 11.9. The quantitative estimate of drug-likeness (QED) is 0.636. The predicted octanol–water partition coefficient (Wildman–Crippen LogP) is 4.59. The van der Waals surface area contributed by atoms with Crippen molar-refractivity contribution >= 4 is 56.6 Å². The minimum Gasteiger partial charge on any atom is -0.493 e. The lowest BCUT2D eigenvalue weighted by atomic mass is 10.2. The van der Waals surface area contributed by atoms with Crippen molar-refractivity contribution in [3.05, 3.63) is 56.5 Å². The number of benzene rings is 2. The highest BCUT2D eigenvalue weighted by Crippen LogP contribution is 2.26. The van der Waals surface area contributed by atoms with Crippen LogP contribution in [0.5, 0.6) is 5.75 Å². The first-order chi connectivity index (χ1) is 12.3. The Hall–Kier alpha value is -1.76. The molecule has 0 bridgehead atoms. The molecule has 2 amide bonds. The summed E-state index contributed by atoms with van der Waals surface area (Å²) in [5.41, 5.74) is 1.63. The van der Waals surface area contributed by atoms with Gasteiger partial charge in [0.25, 0.3) is 0 Å². The van der Waals surface area contributed by atoms with Gasteiger partial charge in [0.1, 0.15) is 5.75 Å². The molecule has 2 aromatic carbocycles. The molecular formula is C18H17BrCl2N2O3. The molecule has 0 aliphatic carbocycles. The van der Waals surface area contributed by atoms with E-state index in [2.05, 4.69) is 26.6 Å². The molecule has 2 N–H and O–H groups in total. The van der Waals surface area contributed by atoms with Crippen LogP contribution in [0, 0.1) is 6.92 Å². The highest BCUT2D eigenvalue weighted by atomic mass is 79.9. The van der Waals surface area contributed by atoms with E-state index in [1.54, 1.807) is 24.3 Å². The minimum absolute atomic E-state index is 0.110. The van der Waals surface area contributed by atoms with Crippen molar-refractivity contribution in [3.8, 4) is 5.75 Å². The number of ether oxygens (including phenoxy) is 1. The van der Waals surface area contributed by atoms with Crippen LogP contribution in [-0.4, -0.2) is 25.0 Å². The Morgan fingerprint density at radius 3 is 2.54 bits per heavy atom. The topological polar surface area (TPSA) is 67.4 Å². The zero-order valence-electron chi connectivity index (χ0n) is 13.9. The van der Waals surface area contributed by atoms with Crippen molar-refractivity contribution < 1.29 is 14.3 Å². The Morgan fingerprint density at radius 1 is 1.08 bits per heavy atom. The molecule has 0 atom stereocenters. The first kappa shape index (κ1) is 20.6. The molecule has 0 unspecified atom stereocenters. The highest BCUT2D eigenvalue weighted by Gasteiger charge is 2.08. The van der Waals surface area contributed by atoms with Gasteiger partial charge < -0.3 is 15.4 Å². The number of carbonyl (C=O) groups excluding carboxylic acids is 2. The zero-order chi connectivity index (χ0) is 19.1. The summed E-state index contributed by atoms with van der Waals surface area (Å²) in [6.45, 7) is 1.94. The molecule has 0 radical (unpaired) electrons. The Kier molecular flexibility index (Phi) is 7.75. The van der Waals surface area contributed by atoms with Gasteiger partial charge in [-0.25, -0.2) is 0 Å². The van der Waals surface area contributed by atoms with Crippen molar-refractivity contribution in [2.75, 3.05) is 18.5 Å². The maximum atomic E-state index is 11.9. The van der Waals surface area contributed by atoms with E-state index in [9.17, 15) is 9.59 Å². The van der Waals surface area contributed by atoms with E-state index in [1.165, 1.54) is 0 Å². The molecule has 5 nitrogen and oxygen atoms in total. The lowest BCUT2D eigenvalue weighted by Crippen LogP contribution is -2.33. The second-order valence-electron chi connectivity index (χ2n) is 5.46. The largest absolute Gasteiger partial charge is 0.493 e. The summed E-state index contributed by atoms with van der Waals surface area (Å²) >= 11 is 15.1. The van der Waals surface area contributed by atoms with Crippen molar-refractivity contribution in [1.29, 1.82) is 0 Å². The predicted molar refractivity (Wildman–Crippen MR) is 107 cm³/mol. The fourth-order valence-electron chi connectivity index (χ4n) is 2.06. The van der Waals surface area contributed by atoms with Gasteiger partial charge in [-0.05, 0) is 42.8 Å². The van der Waals surface area contributed by atoms with Crippen LogP contribution in [-0.2, 0) is 9.59 Å². The van der Waals surface area contributed by atoms with E-state index in [1.807, 2.05) is 19.1 Å². The summed E-state index contributed by atoms with van der Waals surface area (Å²) in [6, 6.07) is 10.4. The maximum Gasteiger partial charge on any atom is 0.243 e. The molecular weight excluding hydrogens is 443 g/mol. The van der Waals surface area contributed by atoms with Gasteiger partial charge in [-0.15, -0.1) is 0 Å². The summed E-state index contributed by atoms with van der Waals surface area (Å²) in [6.07, 6.45) is 0.116. The third-order valence-electron chi connectivity index (χ3n) is 3.40. The lowest BCUT2D eigenvalue weighted by molar-refractivity contribution is -0.124. The van der Waals surface area contributed by atoms with Crippen LogP contribution in [0.2, 0.25) is 10.0 Å². The molecule has 0 fully saturated rings. The first-order valence-electron chi connectivity index (χ1n) is 7.75. The Balaban J connectivity index is 1.70. The number of anilines is 1. The summed E-state index contributed by atoms with van der Waals surface area (Å²) in [5.74, 6) is -0.0578. The smallest absolute Gasteiger partial charge is 0.243 e. The van der Waals surface area contributed by atoms with Crippen molar-refractivity contribution in [1.82, 2.24) is 5.32 Å². The third kappa shape index (κ3) is 6.52. The molecule has 0 spiro atoms. The number of nitrogens with one attached hydrogen (secondary N) is 2. The van der Waals surface area contributed by atoms with Gasteiger partial charge in [-0.1, -0.05) is 39.1 Å². The second-order valence-corrected chi connectivity index (χ2v) is 7.19. The van der Waals surface area contributed by atoms with E-state index in [-0.39, 0.29) is 31.4 Å². The summed E-state index contributed by atoms with van der Waals surface area (Å²) < 4.78 is 6.37. The summed E-state index contributed by atoms with van der Waals surface area (Å²) in [5, 5.41) is 6.12. The minimum atomic E-state index is -0.297. The Bertz CT molecular complexity index is 815. The molecule has 0 heterocycles. The van der Waals surface area contributed by atoms with Gasteiger partial charge in [0, 0.05) is 16.2 Å². The number of halogens is 3. The van der Waals surface area contributed by atoms with E-state index in [4.69, 9.17) is 27.9 Å². The number of rotatable bonds is 7. The first-order valence-corrected chi connectivity index (χ1v) is 9.30. The molecule has 0 saturated carbocycles. The lowest BCUT2D eigenvalue weighted by Gasteiger charge is -2.10. The number of aryl methyl sites for hydroxylation is 1. The van der Waals surface area contributed by atoms with Gasteiger partial charge in [-0.3, -0.25) is 9.59 Å². The zero-order valence-corrected chi connectivity index (χ0v) is 17.0. The molecule has 2 aromatic rings. The number of amides is 2. The third-order valence-corrected chi connectivity index (χ3v) is 4.63. The highest BCUT2D eigenvalue weighted by molar-refractivity contribution is 9.10. The Labute approximate surface area is 170 Å². The van der Waals surface area contributed by atoms with E-state index >= 15 is 0 Å². The fourth-order valence-corrected chi connectivity index (χ4v) is 2.82. The van der Waals surface area contributed by atoms with E-state index < -0.39 is 0 Å². The van der Waals surface area contributed by atoms with Gasteiger partial charge in [0.05, 0.1) is 29.6 Å². The van der Waals surface area contributed by atoms with Crippen molar-refractivity contribution in [2.45, 2.75) is 13.3 Å². The van der Waals surface area contributed by atoms with Gasteiger partial charge in [0.15, 0.2) is 0 Å². The molecule has 138 valence electrons. The molecule has 26 heavy (non-hydrogen) atoms. The molecule has 2 rings (SSSR count). The van der Waals surface area contributed by atoms with Crippen LogP contribution in [0.4, 0.5) is 5.69 Å². The van der Waals surface area contributed by atoms with Crippen LogP contribution in [0.25, 0.3) is 0 Å². The van der Waals surface area contributed by atoms with E-state index in [0.29, 0.717) is 21.5 Å². The van der Waals surface area contributed by atoms with Gasteiger partial charge in [-0.2, -0.15) is 0 Å². The number of hydrogen-bond donors (Lipinski definition) is 2. The molecule has 0 aliphatic rings. The molecule has 0 aliphatic heterocycles. The number of hydrogen-bond acceptors (Lipinski definition) is 3. The Morgan fingerprint density at radius 2 is 1.85 bits per heavy atom. The summed E-state index contributed by atoms with van der Waals surface area (Å²) in [4.78, 5) is 23.7. The SMILES string of the molecule is Cc1cc(Br)ccc1NC(=O)CNC(=O)CCOc1ccc(Cl)c(Cl)c1. The molecule has 0 saturated heterocycles. The fraction of sp³-hybridized carbons (Fsp3) is 0.222. The standard InChI is InChI=1S/C18H17BrCl2N2O3/c1-11-8-12(19)2-5-16(11)23-18(25)10-22-17(24)6-7-26-13-3-4-14(20)15(21)9-13/h2-5,8-9H,6-7,10H2,1H3,(H,22,24)(H,23,25). The molecule has 0 aromatic heterocycles. The average Bonchev–Trinajstić information content (AvgIpc) is 2.59.